The Balaban J connectivity index is 1.47. The highest BCUT2D eigenvalue weighted by Crippen LogP contribution is 2.39. The highest BCUT2D eigenvalue weighted by Gasteiger charge is 2.34. The summed E-state index contributed by atoms with van der Waals surface area (Å²) in [5.41, 5.74) is 3.68. The van der Waals surface area contributed by atoms with E-state index < -0.39 is 17.9 Å². The van der Waals surface area contributed by atoms with Crippen LogP contribution in [-0.2, 0) is 14.1 Å². The van der Waals surface area contributed by atoms with Crippen molar-refractivity contribution >= 4 is 11.9 Å². The minimum Gasteiger partial charge on any atom is -0.419 e. The van der Waals surface area contributed by atoms with Crippen molar-refractivity contribution in [3.63, 3.8) is 0 Å². The average molecular weight is 705 g/mol. The molecule has 10 nitrogen and oxygen atoms in total. The lowest BCUT2D eigenvalue weighted by Crippen LogP contribution is -2.26. The molecule has 264 valence electrons. The summed E-state index contributed by atoms with van der Waals surface area (Å²) in [4.78, 5) is 56.1. The summed E-state index contributed by atoms with van der Waals surface area (Å²) in [7, 11) is 3.59. The Kier molecular flexibility index (Phi) is 9.35. The molecule has 0 fully saturated rings. The van der Waals surface area contributed by atoms with E-state index in [0.717, 1.165) is 0 Å². The fraction of sp³-hybridized carbons (Fsp3) is 0.116. The van der Waals surface area contributed by atoms with E-state index in [9.17, 15) is 19.2 Å². The lowest BCUT2D eigenvalue weighted by atomic mass is 9.85. The van der Waals surface area contributed by atoms with Crippen LogP contribution in [0.15, 0.2) is 149 Å². The molecule has 5 aromatic carbocycles. The standard InChI is InChI=1S/C43H36N4O6/c1-28-37(40(48)46(44(28)3)33-21-13-7-14-22-33)39(38-29(2)45(4)47(41(38)49)34-23-15-8-16-24-34)32-25-26-35(52-42(50)30-17-9-5-10-18-30)36(27-32)53-43(51)31-19-11-6-12-20-31/h5-27,39H,1-4H3. The molecule has 7 aromatic rings. The molecule has 0 radical (unpaired) electrons. The van der Waals surface area contributed by atoms with Crippen LogP contribution >= 0.6 is 0 Å². The summed E-state index contributed by atoms with van der Waals surface area (Å²) in [6.45, 7) is 3.67. The SMILES string of the molecule is Cc1c(C(c2ccc(OC(=O)c3ccccc3)c(OC(=O)c3ccccc3)c2)c2c(C)n(C)n(-c3ccccc3)c2=O)c(=O)n(-c2ccccc2)n1C. The van der Waals surface area contributed by atoms with Crippen LogP contribution in [-0.4, -0.2) is 30.7 Å². The van der Waals surface area contributed by atoms with Crippen molar-refractivity contribution in [2.45, 2.75) is 19.8 Å². The number of nitrogens with zero attached hydrogens (tertiary/aromatic N) is 4. The Morgan fingerprint density at radius 1 is 0.509 bits per heavy atom. The van der Waals surface area contributed by atoms with Crippen LogP contribution < -0.4 is 20.6 Å². The number of carbonyl (C=O) groups is 2. The van der Waals surface area contributed by atoms with E-state index in [1.165, 1.54) is 6.07 Å². The van der Waals surface area contributed by atoms with Gasteiger partial charge in [0.1, 0.15) is 0 Å². The van der Waals surface area contributed by atoms with E-state index in [1.54, 1.807) is 106 Å². The largest absolute Gasteiger partial charge is 0.419 e. The third-order valence-corrected chi connectivity index (χ3v) is 9.50. The van der Waals surface area contributed by atoms with Gasteiger partial charge in [0.15, 0.2) is 11.5 Å². The summed E-state index contributed by atoms with van der Waals surface area (Å²) >= 11 is 0. The second kappa shape index (κ2) is 14.4. The number of aromatic nitrogens is 4. The van der Waals surface area contributed by atoms with Crippen LogP contribution in [0.3, 0.4) is 0 Å². The highest BCUT2D eigenvalue weighted by molar-refractivity contribution is 5.93. The van der Waals surface area contributed by atoms with Gasteiger partial charge in [-0.15, -0.1) is 0 Å². The zero-order chi connectivity index (χ0) is 37.2. The molecule has 0 bridgehead atoms. The fourth-order valence-electron chi connectivity index (χ4n) is 6.65. The summed E-state index contributed by atoms with van der Waals surface area (Å²) in [5, 5.41) is 0. The molecule has 2 heterocycles. The van der Waals surface area contributed by atoms with Crippen molar-refractivity contribution in [2.75, 3.05) is 0 Å². The first-order valence-electron chi connectivity index (χ1n) is 17.0. The molecule has 0 aliphatic rings. The molecule has 0 saturated heterocycles. The van der Waals surface area contributed by atoms with Crippen LogP contribution in [0.2, 0.25) is 0 Å². The fourth-order valence-corrected chi connectivity index (χ4v) is 6.65. The number of hydrogen-bond donors (Lipinski definition) is 0. The number of carbonyl (C=O) groups excluding carboxylic acids is 2. The van der Waals surface area contributed by atoms with Crippen molar-refractivity contribution < 1.29 is 19.1 Å². The molecule has 0 N–H and O–H groups in total. The number of benzene rings is 5. The van der Waals surface area contributed by atoms with Crippen LogP contribution in [0.5, 0.6) is 11.5 Å². The maximum absolute atomic E-state index is 14.7. The van der Waals surface area contributed by atoms with Gasteiger partial charge < -0.3 is 9.47 Å². The summed E-state index contributed by atoms with van der Waals surface area (Å²) in [6, 6.07) is 40.2. The van der Waals surface area contributed by atoms with Gasteiger partial charge in [0.25, 0.3) is 11.1 Å². The predicted octanol–water partition coefficient (Wildman–Crippen LogP) is 6.90. The zero-order valence-corrected chi connectivity index (χ0v) is 29.6. The van der Waals surface area contributed by atoms with Gasteiger partial charge in [-0.25, -0.2) is 19.0 Å². The number of para-hydroxylation sites is 2. The summed E-state index contributed by atoms with van der Waals surface area (Å²) in [6.07, 6.45) is 0. The van der Waals surface area contributed by atoms with Crippen molar-refractivity contribution in [3.8, 4) is 22.9 Å². The van der Waals surface area contributed by atoms with Crippen molar-refractivity contribution in [1.29, 1.82) is 0 Å². The van der Waals surface area contributed by atoms with Crippen LogP contribution in [0.1, 0.15) is 54.7 Å². The highest BCUT2D eigenvalue weighted by atomic mass is 16.6. The smallest absolute Gasteiger partial charge is 0.343 e. The molecule has 0 aliphatic heterocycles. The molecule has 10 heteroatoms. The molecular formula is C43H36N4O6. The van der Waals surface area contributed by atoms with Crippen molar-refractivity contribution in [3.05, 3.63) is 199 Å². The lowest BCUT2D eigenvalue weighted by Gasteiger charge is -2.19. The van der Waals surface area contributed by atoms with Gasteiger partial charge in [-0.3, -0.25) is 19.0 Å². The van der Waals surface area contributed by atoms with Gasteiger partial charge >= 0.3 is 11.9 Å². The molecule has 7 rings (SSSR count). The topological polar surface area (TPSA) is 106 Å². The van der Waals surface area contributed by atoms with Gasteiger partial charge in [0.2, 0.25) is 0 Å². The lowest BCUT2D eigenvalue weighted by molar-refractivity contribution is 0.0682. The van der Waals surface area contributed by atoms with Crippen molar-refractivity contribution in [1.82, 2.24) is 18.7 Å². The minimum atomic E-state index is -0.935. The normalized spacial score (nSPS) is 11.1. The molecule has 53 heavy (non-hydrogen) atoms. The van der Waals surface area contributed by atoms with Crippen LogP contribution in [0.25, 0.3) is 11.4 Å². The number of ether oxygens (including phenoxy) is 2. The molecule has 0 unspecified atom stereocenters. The zero-order valence-electron chi connectivity index (χ0n) is 29.6. The van der Waals surface area contributed by atoms with E-state index in [1.807, 2.05) is 74.5 Å². The molecule has 2 aromatic heterocycles. The second-order valence-electron chi connectivity index (χ2n) is 12.6. The van der Waals surface area contributed by atoms with E-state index in [4.69, 9.17) is 9.47 Å². The van der Waals surface area contributed by atoms with Crippen LogP contribution in [0, 0.1) is 13.8 Å². The second-order valence-corrected chi connectivity index (χ2v) is 12.6. The van der Waals surface area contributed by atoms with E-state index in [-0.39, 0.29) is 28.2 Å². The summed E-state index contributed by atoms with van der Waals surface area (Å²) < 4.78 is 18.4. The Morgan fingerprint density at radius 3 is 1.30 bits per heavy atom. The quantitative estimate of drug-likeness (QED) is 0.120. The van der Waals surface area contributed by atoms with Gasteiger partial charge in [0.05, 0.1) is 33.6 Å². The third kappa shape index (κ3) is 6.42. The van der Waals surface area contributed by atoms with E-state index in [0.29, 0.717) is 45.0 Å². The first kappa shape index (κ1) is 34.5. The predicted molar refractivity (Wildman–Crippen MR) is 202 cm³/mol. The Labute approximate surface area is 305 Å². The van der Waals surface area contributed by atoms with E-state index >= 15 is 0 Å². The Hall–Kier alpha value is -6.94. The number of esters is 2. The monoisotopic (exact) mass is 704 g/mol. The van der Waals surface area contributed by atoms with Crippen LogP contribution in [0.4, 0.5) is 0 Å². The molecule has 0 aliphatic carbocycles. The first-order valence-corrected chi connectivity index (χ1v) is 17.0. The average Bonchev–Trinajstić information content (AvgIpc) is 3.55. The first-order chi connectivity index (χ1) is 25.7. The molecule has 0 amide bonds. The van der Waals surface area contributed by atoms with Gasteiger partial charge in [0, 0.05) is 31.4 Å². The van der Waals surface area contributed by atoms with Gasteiger partial charge in [-0.2, -0.15) is 0 Å². The number of rotatable bonds is 9. The van der Waals surface area contributed by atoms with Gasteiger partial charge in [-0.05, 0) is 80.1 Å². The minimum absolute atomic E-state index is 0.0106. The van der Waals surface area contributed by atoms with E-state index in [2.05, 4.69) is 0 Å². The number of hydrogen-bond acceptors (Lipinski definition) is 6. The third-order valence-electron chi connectivity index (χ3n) is 9.50. The van der Waals surface area contributed by atoms with Gasteiger partial charge in [-0.1, -0.05) is 78.9 Å². The van der Waals surface area contributed by atoms with Crippen molar-refractivity contribution in [2.24, 2.45) is 14.1 Å². The Morgan fingerprint density at radius 2 is 0.887 bits per heavy atom. The molecule has 0 saturated carbocycles. The molecule has 0 atom stereocenters. The maximum Gasteiger partial charge on any atom is 0.343 e. The maximum atomic E-state index is 14.7. The summed E-state index contributed by atoms with van der Waals surface area (Å²) in [5.74, 6) is -2.33. The Bertz CT molecular complexity index is 2460. The molecular weight excluding hydrogens is 668 g/mol. The molecule has 0 spiro atoms.